The van der Waals surface area contributed by atoms with Crippen molar-refractivity contribution in [1.82, 2.24) is 4.98 Å². The molecule has 6 nitrogen and oxygen atoms in total. The van der Waals surface area contributed by atoms with Crippen LogP contribution in [-0.2, 0) is 4.74 Å². The zero-order chi connectivity index (χ0) is 12.7. The Kier molecular flexibility index (Phi) is 5.38. The maximum absolute atomic E-state index is 11.0. The first-order valence-electron chi connectivity index (χ1n) is 5.30. The first-order valence-corrected chi connectivity index (χ1v) is 5.30. The van der Waals surface area contributed by atoms with Crippen LogP contribution in [0.2, 0.25) is 0 Å². The SMILES string of the molecule is CN(CCOCCO)c1ccnc(C(N)=O)c1. The first-order chi connectivity index (χ1) is 8.15. The molecule has 0 fully saturated rings. The number of primary amides is 1. The van der Waals surface area contributed by atoms with Gasteiger partial charge in [-0.15, -0.1) is 0 Å². The summed E-state index contributed by atoms with van der Waals surface area (Å²) in [6.45, 7) is 1.51. The average Bonchev–Trinajstić information content (AvgIpc) is 2.34. The Morgan fingerprint density at radius 3 is 3.00 bits per heavy atom. The summed E-state index contributed by atoms with van der Waals surface area (Å²) in [7, 11) is 1.88. The Balaban J connectivity index is 2.53. The van der Waals surface area contributed by atoms with Gasteiger partial charge in [-0.2, -0.15) is 0 Å². The molecule has 0 saturated heterocycles. The van der Waals surface area contributed by atoms with Crippen molar-refractivity contribution in [2.75, 3.05) is 38.3 Å². The fraction of sp³-hybridized carbons (Fsp3) is 0.455. The third-order valence-corrected chi connectivity index (χ3v) is 2.24. The Labute approximate surface area is 100 Å². The number of likely N-dealkylation sites (N-methyl/N-ethyl adjacent to an activating group) is 1. The minimum atomic E-state index is -0.545. The number of hydrogen-bond donors (Lipinski definition) is 2. The summed E-state index contributed by atoms with van der Waals surface area (Å²) >= 11 is 0. The zero-order valence-corrected chi connectivity index (χ0v) is 9.80. The highest BCUT2D eigenvalue weighted by Crippen LogP contribution is 2.12. The van der Waals surface area contributed by atoms with Crippen molar-refractivity contribution in [2.24, 2.45) is 5.73 Å². The van der Waals surface area contributed by atoms with Crippen molar-refractivity contribution >= 4 is 11.6 Å². The third-order valence-electron chi connectivity index (χ3n) is 2.24. The van der Waals surface area contributed by atoms with Crippen molar-refractivity contribution in [3.8, 4) is 0 Å². The molecule has 1 heterocycles. The summed E-state index contributed by atoms with van der Waals surface area (Å²) in [6, 6.07) is 3.42. The van der Waals surface area contributed by atoms with Crippen molar-refractivity contribution in [2.45, 2.75) is 0 Å². The normalized spacial score (nSPS) is 10.2. The molecule has 0 aromatic carbocycles. The highest BCUT2D eigenvalue weighted by atomic mass is 16.5. The molecular weight excluding hydrogens is 222 g/mol. The molecule has 0 unspecified atom stereocenters. The molecule has 3 N–H and O–H groups in total. The lowest BCUT2D eigenvalue weighted by atomic mass is 10.3. The van der Waals surface area contributed by atoms with E-state index in [-0.39, 0.29) is 12.3 Å². The molecule has 1 aromatic rings. The molecule has 0 radical (unpaired) electrons. The lowest BCUT2D eigenvalue weighted by Crippen LogP contribution is -2.24. The number of anilines is 1. The third kappa shape index (κ3) is 4.38. The average molecular weight is 239 g/mol. The zero-order valence-electron chi connectivity index (χ0n) is 9.80. The predicted molar refractivity (Wildman–Crippen MR) is 63.9 cm³/mol. The number of rotatable bonds is 7. The van der Waals surface area contributed by atoms with Crippen molar-refractivity contribution < 1.29 is 14.6 Å². The van der Waals surface area contributed by atoms with Gasteiger partial charge in [-0.25, -0.2) is 0 Å². The number of aromatic nitrogens is 1. The number of aliphatic hydroxyl groups excluding tert-OH is 1. The van der Waals surface area contributed by atoms with E-state index in [0.717, 1.165) is 5.69 Å². The molecule has 0 spiro atoms. The van der Waals surface area contributed by atoms with Crippen LogP contribution >= 0.6 is 0 Å². The number of nitrogens with two attached hydrogens (primary N) is 1. The molecule has 1 aromatic heterocycles. The van der Waals surface area contributed by atoms with Gasteiger partial charge >= 0.3 is 0 Å². The van der Waals surface area contributed by atoms with Crippen LogP contribution in [0.15, 0.2) is 18.3 Å². The Hall–Kier alpha value is -1.66. The van der Waals surface area contributed by atoms with Crippen LogP contribution in [0.5, 0.6) is 0 Å². The van der Waals surface area contributed by atoms with E-state index in [2.05, 4.69) is 4.98 Å². The first kappa shape index (κ1) is 13.4. The maximum atomic E-state index is 11.0. The van der Waals surface area contributed by atoms with Gasteiger partial charge in [0.25, 0.3) is 5.91 Å². The number of carbonyl (C=O) groups is 1. The molecule has 94 valence electrons. The van der Waals surface area contributed by atoms with Crippen molar-refractivity contribution in [1.29, 1.82) is 0 Å². The summed E-state index contributed by atoms with van der Waals surface area (Å²) in [6.07, 6.45) is 1.54. The summed E-state index contributed by atoms with van der Waals surface area (Å²) in [5.41, 5.74) is 6.24. The lowest BCUT2D eigenvalue weighted by molar-refractivity contribution is 0.0971. The smallest absolute Gasteiger partial charge is 0.267 e. The molecule has 0 saturated carbocycles. The number of ether oxygens (including phenoxy) is 1. The van der Waals surface area contributed by atoms with E-state index in [9.17, 15) is 4.79 Å². The van der Waals surface area contributed by atoms with Gasteiger partial charge in [0.2, 0.25) is 0 Å². The van der Waals surface area contributed by atoms with E-state index in [0.29, 0.717) is 19.8 Å². The molecule has 0 aliphatic carbocycles. The fourth-order valence-electron chi connectivity index (χ4n) is 1.29. The van der Waals surface area contributed by atoms with Crippen molar-refractivity contribution in [3.05, 3.63) is 24.0 Å². The lowest BCUT2D eigenvalue weighted by Gasteiger charge is -2.19. The Morgan fingerprint density at radius 1 is 1.59 bits per heavy atom. The van der Waals surface area contributed by atoms with Crippen LogP contribution < -0.4 is 10.6 Å². The van der Waals surface area contributed by atoms with E-state index in [1.54, 1.807) is 18.3 Å². The molecular formula is C11H17N3O3. The highest BCUT2D eigenvalue weighted by molar-refractivity contribution is 5.91. The van der Waals surface area contributed by atoms with E-state index in [1.807, 2.05) is 11.9 Å². The number of pyridine rings is 1. The van der Waals surface area contributed by atoms with Gasteiger partial charge in [-0.3, -0.25) is 9.78 Å². The van der Waals surface area contributed by atoms with Crippen LogP contribution in [0.25, 0.3) is 0 Å². The minimum Gasteiger partial charge on any atom is -0.394 e. The summed E-state index contributed by atoms with van der Waals surface area (Å²) in [4.78, 5) is 16.8. The molecule has 17 heavy (non-hydrogen) atoms. The predicted octanol–water partition coefficient (Wildman–Crippen LogP) is -0.374. The van der Waals surface area contributed by atoms with E-state index in [4.69, 9.17) is 15.6 Å². The molecule has 0 aliphatic heterocycles. The van der Waals surface area contributed by atoms with Crippen LogP contribution in [0.4, 0.5) is 5.69 Å². The standard InChI is InChI=1S/C11H17N3O3/c1-14(4-6-17-7-5-15)9-2-3-13-10(8-9)11(12)16/h2-3,8,15H,4-7H2,1H3,(H2,12,16). The summed E-state index contributed by atoms with van der Waals surface area (Å²) < 4.78 is 5.15. The van der Waals surface area contributed by atoms with Crippen LogP contribution in [-0.4, -0.2) is 49.4 Å². The number of amides is 1. The van der Waals surface area contributed by atoms with Gasteiger partial charge in [-0.1, -0.05) is 0 Å². The molecule has 6 heteroatoms. The van der Waals surface area contributed by atoms with E-state index < -0.39 is 5.91 Å². The van der Waals surface area contributed by atoms with Gasteiger partial charge < -0.3 is 20.5 Å². The van der Waals surface area contributed by atoms with Gasteiger partial charge in [0.1, 0.15) is 5.69 Å². The Bertz CT molecular complexity index is 371. The van der Waals surface area contributed by atoms with Crippen LogP contribution in [0, 0.1) is 0 Å². The molecule has 1 amide bonds. The van der Waals surface area contributed by atoms with Gasteiger partial charge in [0.15, 0.2) is 0 Å². The van der Waals surface area contributed by atoms with Gasteiger partial charge in [0.05, 0.1) is 19.8 Å². The topological polar surface area (TPSA) is 88.7 Å². The Morgan fingerprint density at radius 2 is 2.35 bits per heavy atom. The second-order valence-corrected chi connectivity index (χ2v) is 3.52. The fourth-order valence-corrected chi connectivity index (χ4v) is 1.29. The number of nitrogens with zero attached hydrogens (tertiary/aromatic N) is 2. The second kappa shape index (κ2) is 6.82. The second-order valence-electron chi connectivity index (χ2n) is 3.52. The summed E-state index contributed by atoms with van der Waals surface area (Å²) in [5, 5.41) is 8.55. The quantitative estimate of drug-likeness (QED) is 0.633. The highest BCUT2D eigenvalue weighted by Gasteiger charge is 2.06. The number of aliphatic hydroxyl groups is 1. The van der Waals surface area contributed by atoms with Crippen LogP contribution in [0.1, 0.15) is 10.5 Å². The number of carbonyl (C=O) groups excluding carboxylic acids is 1. The molecule has 0 aliphatic rings. The van der Waals surface area contributed by atoms with E-state index >= 15 is 0 Å². The molecule has 0 atom stereocenters. The van der Waals surface area contributed by atoms with Gasteiger partial charge in [-0.05, 0) is 12.1 Å². The maximum Gasteiger partial charge on any atom is 0.267 e. The van der Waals surface area contributed by atoms with E-state index in [1.165, 1.54) is 0 Å². The largest absolute Gasteiger partial charge is 0.394 e. The van der Waals surface area contributed by atoms with Gasteiger partial charge in [0, 0.05) is 25.5 Å². The van der Waals surface area contributed by atoms with Crippen LogP contribution in [0.3, 0.4) is 0 Å². The monoisotopic (exact) mass is 239 g/mol. The molecule has 1 rings (SSSR count). The number of hydrogen-bond acceptors (Lipinski definition) is 5. The van der Waals surface area contributed by atoms with Crippen molar-refractivity contribution in [3.63, 3.8) is 0 Å². The molecule has 0 bridgehead atoms. The summed E-state index contributed by atoms with van der Waals surface area (Å²) in [5.74, 6) is -0.545. The minimum absolute atomic E-state index is 0.0186.